The van der Waals surface area contributed by atoms with Crippen LogP contribution in [0.5, 0.6) is 0 Å². The minimum absolute atomic E-state index is 0.0445. The van der Waals surface area contributed by atoms with Gasteiger partial charge in [0.1, 0.15) is 0 Å². The predicted molar refractivity (Wildman–Crippen MR) is 74.2 cm³/mol. The molecule has 0 aliphatic rings. The molecule has 0 aromatic heterocycles. The van der Waals surface area contributed by atoms with Crippen LogP contribution in [0.15, 0.2) is 33.6 Å². The number of hydrogen-bond donors (Lipinski definition) is 2. The Hall–Kier alpha value is -0.520. The van der Waals surface area contributed by atoms with Crippen LogP contribution in [0.3, 0.4) is 0 Å². The number of amides is 1. The van der Waals surface area contributed by atoms with Gasteiger partial charge in [0, 0.05) is 34.7 Å². The van der Waals surface area contributed by atoms with Crippen LogP contribution in [0.25, 0.3) is 0 Å². The molecule has 1 aromatic rings. The molecule has 94 valence electrons. The number of halogens is 1. The number of carbonyl (C=O) groups is 1. The van der Waals surface area contributed by atoms with Crippen molar-refractivity contribution in [1.29, 1.82) is 0 Å². The minimum Gasteiger partial charge on any atom is -0.396 e. The lowest BCUT2D eigenvalue weighted by molar-refractivity contribution is -0.120. The molecular weight excluding hydrogens is 302 g/mol. The SMILES string of the molecule is O=C(CCSc1ccc(Br)cc1)NCCCO. The summed E-state index contributed by atoms with van der Waals surface area (Å²) in [6.07, 6.45) is 1.12. The van der Waals surface area contributed by atoms with Gasteiger partial charge in [-0.3, -0.25) is 4.79 Å². The maximum Gasteiger partial charge on any atom is 0.220 e. The van der Waals surface area contributed by atoms with Gasteiger partial charge in [0.2, 0.25) is 5.91 Å². The molecule has 0 fully saturated rings. The zero-order chi connectivity index (χ0) is 12.5. The van der Waals surface area contributed by atoms with Crippen molar-refractivity contribution in [2.24, 2.45) is 0 Å². The van der Waals surface area contributed by atoms with Gasteiger partial charge >= 0.3 is 0 Å². The molecule has 0 aliphatic heterocycles. The van der Waals surface area contributed by atoms with Crippen molar-refractivity contribution in [3.63, 3.8) is 0 Å². The average Bonchev–Trinajstić information content (AvgIpc) is 2.32. The Morgan fingerprint density at radius 2 is 2.06 bits per heavy atom. The van der Waals surface area contributed by atoms with Crippen molar-refractivity contribution in [1.82, 2.24) is 5.32 Å². The van der Waals surface area contributed by atoms with E-state index in [1.165, 1.54) is 0 Å². The molecule has 0 atom stereocenters. The van der Waals surface area contributed by atoms with E-state index in [2.05, 4.69) is 21.2 Å². The Balaban J connectivity index is 2.14. The second-order valence-corrected chi connectivity index (χ2v) is 5.56. The lowest BCUT2D eigenvalue weighted by atomic mass is 10.4. The van der Waals surface area contributed by atoms with Crippen LogP contribution in [0.4, 0.5) is 0 Å². The van der Waals surface area contributed by atoms with E-state index in [1.54, 1.807) is 11.8 Å². The standard InChI is InChI=1S/C12H16BrNO2S/c13-10-2-4-11(5-3-10)17-9-6-12(16)14-7-1-8-15/h2-5,15H,1,6-9H2,(H,14,16). The van der Waals surface area contributed by atoms with E-state index in [0.717, 1.165) is 15.1 Å². The highest BCUT2D eigenvalue weighted by molar-refractivity contribution is 9.10. The van der Waals surface area contributed by atoms with Gasteiger partial charge in [0.05, 0.1) is 0 Å². The third-order valence-electron chi connectivity index (χ3n) is 2.07. The third-order valence-corrected chi connectivity index (χ3v) is 3.61. The van der Waals surface area contributed by atoms with Gasteiger partial charge in [-0.1, -0.05) is 15.9 Å². The first-order chi connectivity index (χ1) is 8.22. The number of rotatable bonds is 7. The van der Waals surface area contributed by atoms with Crippen LogP contribution < -0.4 is 5.32 Å². The summed E-state index contributed by atoms with van der Waals surface area (Å²) in [5.74, 6) is 0.815. The van der Waals surface area contributed by atoms with Crippen molar-refractivity contribution in [2.45, 2.75) is 17.7 Å². The van der Waals surface area contributed by atoms with E-state index in [4.69, 9.17) is 5.11 Å². The number of thioether (sulfide) groups is 1. The van der Waals surface area contributed by atoms with Crippen LogP contribution in [-0.2, 0) is 4.79 Å². The van der Waals surface area contributed by atoms with Gasteiger partial charge in [-0.15, -0.1) is 11.8 Å². The zero-order valence-electron chi connectivity index (χ0n) is 9.49. The molecule has 3 nitrogen and oxygen atoms in total. The summed E-state index contributed by atoms with van der Waals surface area (Å²) in [7, 11) is 0. The van der Waals surface area contributed by atoms with Crippen molar-refractivity contribution >= 4 is 33.6 Å². The number of carbonyl (C=O) groups excluding carboxylic acids is 1. The second-order valence-electron chi connectivity index (χ2n) is 3.48. The molecule has 1 rings (SSSR count). The molecule has 5 heteroatoms. The molecular formula is C12H16BrNO2S. The topological polar surface area (TPSA) is 49.3 Å². The molecule has 0 radical (unpaired) electrons. The van der Waals surface area contributed by atoms with E-state index in [-0.39, 0.29) is 12.5 Å². The summed E-state index contributed by atoms with van der Waals surface area (Å²) in [4.78, 5) is 12.5. The van der Waals surface area contributed by atoms with Crippen LogP contribution in [0.2, 0.25) is 0 Å². The smallest absolute Gasteiger partial charge is 0.220 e. The highest BCUT2D eigenvalue weighted by atomic mass is 79.9. The Bertz CT molecular complexity index is 343. The second kappa shape index (κ2) is 8.55. The fourth-order valence-electron chi connectivity index (χ4n) is 1.19. The first-order valence-electron chi connectivity index (χ1n) is 5.48. The van der Waals surface area contributed by atoms with Gasteiger partial charge in [-0.2, -0.15) is 0 Å². The van der Waals surface area contributed by atoms with Gasteiger partial charge in [-0.25, -0.2) is 0 Å². The van der Waals surface area contributed by atoms with E-state index < -0.39 is 0 Å². The summed E-state index contributed by atoms with van der Waals surface area (Å²) >= 11 is 5.04. The zero-order valence-corrected chi connectivity index (χ0v) is 11.9. The maximum absolute atomic E-state index is 11.3. The number of benzene rings is 1. The molecule has 0 bridgehead atoms. The number of aliphatic hydroxyl groups is 1. The highest BCUT2D eigenvalue weighted by Crippen LogP contribution is 2.20. The van der Waals surface area contributed by atoms with Crippen molar-refractivity contribution < 1.29 is 9.90 Å². The van der Waals surface area contributed by atoms with E-state index in [0.29, 0.717) is 19.4 Å². The van der Waals surface area contributed by atoms with Gasteiger partial charge in [-0.05, 0) is 30.7 Å². The summed E-state index contributed by atoms with van der Waals surface area (Å²) in [5, 5.41) is 11.3. The Labute approximate surface area is 114 Å². The van der Waals surface area contributed by atoms with Gasteiger partial charge in [0.25, 0.3) is 0 Å². The van der Waals surface area contributed by atoms with Crippen LogP contribution in [0, 0.1) is 0 Å². The Morgan fingerprint density at radius 1 is 1.35 bits per heavy atom. The molecule has 0 saturated heterocycles. The molecule has 0 aliphatic carbocycles. The Morgan fingerprint density at radius 3 is 2.71 bits per heavy atom. The molecule has 2 N–H and O–H groups in total. The summed E-state index contributed by atoms with van der Waals surface area (Å²) in [6, 6.07) is 8.03. The van der Waals surface area contributed by atoms with Crippen LogP contribution in [0.1, 0.15) is 12.8 Å². The van der Waals surface area contributed by atoms with Crippen molar-refractivity contribution in [3.05, 3.63) is 28.7 Å². The lowest BCUT2D eigenvalue weighted by Gasteiger charge is -2.04. The largest absolute Gasteiger partial charge is 0.396 e. The quantitative estimate of drug-likeness (QED) is 0.600. The fourth-order valence-corrected chi connectivity index (χ4v) is 2.30. The molecule has 0 unspecified atom stereocenters. The molecule has 0 heterocycles. The minimum atomic E-state index is 0.0445. The van der Waals surface area contributed by atoms with E-state index in [1.807, 2.05) is 24.3 Å². The van der Waals surface area contributed by atoms with Crippen LogP contribution >= 0.6 is 27.7 Å². The maximum atomic E-state index is 11.3. The molecule has 0 saturated carbocycles. The average molecular weight is 318 g/mol. The number of aliphatic hydroxyl groups excluding tert-OH is 1. The summed E-state index contributed by atoms with van der Waals surface area (Å²) in [5.41, 5.74) is 0. The van der Waals surface area contributed by atoms with Crippen LogP contribution in [-0.4, -0.2) is 29.9 Å². The number of hydrogen-bond acceptors (Lipinski definition) is 3. The fraction of sp³-hybridized carbons (Fsp3) is 0.417. The summed E-state index contributed by atoms with van der Waals surface area (Å²) in [6.45, 7) is 0.673. The lowest BCUT2D eigenvalue weighted by Crippen LogP contribution is -2.25. The highest BCUT2D eigenvalue weighted by Gasteiger charge is 2.01. The number of nitrogens with one attached hydrogen (secondary N) is 1. The first kappa shape index (κ1) is 14.5. The molecule has 0 spiro atoms. The molecule has 1 amide bonds. The van der Waals surface area contributed by atoms with Crippen molar-refractivity contribution in [3.8, 4) is 0 Å². The third kappa shape index (κ3) is 6.71. The van der Waals surface area contributed by atoms with Crippen molar-refractivity contribution in [2.75, 3.05) is 18.9 Å². The Kier molecular flexibility index (Phi) is 7.32. The normalized spacial score (nSPS) is 10.2. The first-order valence-corrected chi connectivity index (χ1v) is 7.26. The molecule has 1 aromatic carbocycles. The molecule has 17 heavy (non-hydrogen) atoms. The summed E-state index contributed by atoms with van der Waals surface area (Å²) < 4.78 is 1.06. The van der Waals surface area contributed by atoms with Gasteiger partial charge in [0.15, 0.2) is 0 Å². The predicted octanol–water partition coefficient (Wildman–Crippen LogP) is 2.43. The van der Waals surface area contributed by atoms with Gasteiger partial charge < -0.3 is 10.4 Å². The van der Waals surface area contributed by atoms with E-state index in [9.17, 15) is 4.79 Å². The monoisotopic (exact) mass is 317 g/mol. The van der Waals surface area contributed by atoms with E-state index >= 15 is 0 Å².